The minimum Gasteiger partial charge on any atom is -0.328 e. The molecule has 1 aromatic rings. The predicted octanol–water partition coefficient (Wildman–Crippen LogP) is 2.08. The molecule has 4 rings (SSSR count). The largest absolute Gasteiger partial charge is 0.328 e. The Morgan fingerprint density at radius 1 is 1.24 bits per heavy atom. The van der Waals surface area contributed by atoms with Crippen molar-refractivity contribution in [1.82, 2.24) is 20.1 Å². The first kappa shape index (κ1) is 13.5. The van der Waals surface area contributed by atoms with Crippen LogP contribution in [0.3, 0.4) is 0 Å². The van der Waals surface area contributed by atoms with E-state index in [0.717, 1.165) is 37.2 Å². The van der Waals surface area contributed by atoms with Gasteiger partial charge in [-0.15, -0.1) is 11.3 Å². The van der Waals surface area contributed by atoms with E-state index >= 15 is 0 Å². The van der Waals surface area contributed by atoms with Crippen molar-refractivity contribution in [3.63, 3.8) is 0 Å². The van der Waals surface area contributed by atoms with Gasteiger partial charge in [0.05, 0.1) is 6.04 Å². The molecule has 0 unspecified atom stereocenters. The summed E-state index contributed by atoms with van der Waals surface area (Å²) >= 11 is 1.65. The predicted molar refractivity (Wildman–Crippen MR) is 82.3 cm³/mol. The molecule has 2 aliphatic carbocycles. The minimum absolute atomic E-state index is 0.0950. The molecule has 1 N–H and O–H groups in total. The molecule has 6 heteroatoms. The maximum atomic E-state index is 12.5. The number of urea groups is 1. The first-order valence-electron chi connectivity index (χ1n) is 8.00. The van der Waals surface area contributed by atoms with Crippen LogP contribution in [0.15, 0.2) is 11.6 Å². The fourth-order valence-electron chi connectivity index (χ4n) is 3.15. The van der Waals surface area contributed by atoms with E-state index in [1.54, 1.807) is 11.3 Å². The lowest BCUT2D eigenvalue weighted by molar-refractivity contribution is 0.132. The second-order valence-corrected chi connectivity index (χ2v) is 7.32. The summed E-state index contributed by atoms with van der Waals surface area (Å²) in [6, 6.07) is 1.03. The summed E-state index contributed by atoms with van der Waals surface area (Å²) in [5, 5.41) is 6.28. The number of rotatable bonds is 4. The van der Waals surface area contributed by atoms with Gasteiger partial charge in [-0.2, -0.15) is 0 Å². The summed E-state index contributed by atoms with van der Waals surface area (Å²) < 4.78 is 0. The second kappa shape index (κ2) is 5.57. The lowest BCUT2D eigenvalue weighted by Gasteiger charge is -2.35. The molecule has 3 fully saturated rings. The van der Waals surface area contributed by atoms with E-state index in [2.05, 4.69) is 15.2 Å². The van der Waals surface area contributed by atoms with Crippen LogP contribution >= 0.6 is 11.3 Å². The van der Waals surface area contributed by atoms with Gasteiger partial charge in [0.15, 0.2) is 0 Å². The van der Waals surface area contributed by atoms with Gasteiger partial charge in [-0.05, 0) is 31.6 Å². The summed E-state index contributed by atoms with van der Waals surface area (Å²) in [5.41, 5.74) is 0. The third kappa shape index (κ3) is 3.06. The highest BCUT2D eigenvalue weighted by Gasteiger charge is 2.37. The van der Waals surface area contributed by atoms with Gasteiger partial charge in [0.2, 0.25) is 0 Å². The zero-order chi connectivity index (χ0) is 14.2. The van der Waals surface area contributed by atoms with Crippen molar-refractivity contribution in [3.8, 4) is 0 Å². The Morgan fingerprint density at radius 2 is 2.00 bits per heavy atom. The number of carbonyl (C=O) groups is 1. The van der Waals surface area contributed by atoms with Gasteiger partial charge in [-0.25, -0.2) is 9.78 Å². The number of aromatic nitrogens is 1. The first-order chi connectivity index (χ1) is 10.3. The van der Waals surface area contributed by atoms with Gasteiger partial charge < -0.3 is 10.2 Å². The Labute approximate surface area is 129 Å². The van der Waals surface area contributed by atoms with Gasteiger partial charge in [-0.3, -0.25) is 4.90 Å². The molecule has 1 aliphatic heterocycles. The molecule has 1 atom stereocenters. The summed E-state index contributed by atoms with van der Waals surface area (Å²) in [7, 11) is 0. The van der Waals surface area contributed by atoms with Gasteiger partial charge in [-0.1, -0.05) is 0 Å². The molecule has 0 aromatic carbocycles. The molecule has 0 spiro atoms. The monoisotopic (exact) mass is 306 g/mol. The van der Waals surface area contributed by atoms with E-state index in [9.17, 15) is 4.79 Å². The lowest BCUT2D eigenvalue weighted by atomic mass is 10.2. The van der Waals surface area contributed by atoms with Crippen LogP contribution in [0.4, 0.5) is 4.79 Å². The van der Waals surface area contributed by atoms with E-state index in [1.807, 2.05) is 16.5 Å². The van der Waals surface area contributed by atoms with Crippen LogP contribution in [-0.2, 0) is 0 Å². The molecule has 1 saturated heterocycles. The van der Waals surface area contributed by atoms with E-state index in [-0.39, 0.29) is 12.1 Å². The molecule has 2 amide bonds. The molecule has 3 aliphatic rings. The maximum Gasteiger partial charge on any atom is 0.318 e. The van der Waals surface area contributed by atoms with Crippen LogP contribution in [0.2, 0.25) is 0 Å². The number of thiazole rings is 1. The first-order valence-corrected chi connectivity index (χ1v) is 8.88. The van der Waals surface area contributed by atoms with Crippen LogP contribution in [0.5, 0.6) is 0 Å². The fraction of sp³-hybridized carbons (Fsp3) is 0.733. The zero-order valence-electron chi connectivity index (χ0n) is 12.2. The van der Waals surface area contributed by atoms with Crippen LogP contribution in [0.25, 0.3) is 0 Å². The Hall–Kier alpha value is -1.14. The third-order valence-corrected chi connectivity index (χ3v) is 5.61. The highest BCUT2D eigenvalue weighted by molar-refractivity contribution is 7.09. The van der Waals surface area contributed by atoms with E-state index in [0.29, 0.717) is 5.92 Å². The summed E-state index contributed by atoms with van der Waals surface area (Å²) in [5.74, 6) is 0.591. The number of piperazine rings is 1. The van der Waals surface area contributed by atoms with Crippen LogP contribution in [0, 0.1) is 5.92 Å². The quantitative estimate of drug-likeness (QED) is 0.926. The maximum absolute atomic E-state index is 12.5. The number of nitrogens with one attached hydrogen (secondary N) is 1. The van der Waals surface area contributed by atoms with Crippen molar-refractivity contribution in [2.45, 2.75) is 37.8 Å². The minimum atomic E-state index is 0.0950. The van der Waals surface area contributed by atoms with E-state index < -0.39 is 0 Å². The van der Waals surface area contributed by atoms with Gasteiger partial charge in [0.1, 0.15) is 5.01 Å². The Bertz CT molecular complexity index is 490. The van der Waals surface area contributed by atoms with Crippen molar-refractivity contribution < 1.29 is 4.79 Å². The lowest BCUT2D eigenvalue weighted by Crippen LogP contribution is -2.52. The molecule has 21 heavy (non-hydrogen) atoms. The summed E-state index contributed by atoms with van der Waals surface area (Å²) in [6.07, 6.45) is 6.94. The summed E-state index contributed by atoms with van der Waals surface area (Å²) in [6.45, 7) is 3.78. The molecule has 0 bridgehead atoms. The summed E-state index contributed by atoms with van der Waals surface area (Å²) in [4.78, 5) is 21.4. The van der Waals surface area contributed by atoms with E-state index in [4.69, 9.17) is 0 Å². The molecule has 114 valence electrons. The number of hydrogen-bond donors (Lipinski definition) is 1. The highest BCUT2D eigenvalue weighted by Crippen LogP contribution is 2.41. The van der Waals surface area contributed by atoms with Crippen molar-refractivity contribution in [1.29, 1.82) is 0 Å². The normalized spacial score (nSPS) is 24.9. The molecule has 0 radical (unpaired) electrons. The molecule has 1 aromatic heterocycles. The Morgan fingerprint density at radius 3 is 2.57 bits per heavy atom. The van der Waals surface area contributed by atoms with Gasteiger partial charge in [0.25, 0.3) is 0 Å². The molecular formula is C15H22N4OS. The molecular weight excluding hydrogens is 284 g/mol. The highest BCUT2D eigenvalue weighted by atomic mass is 32.1. The molecule has 5 nitrogen and oxygen atoms in total. The van der Waals surface area contributed by atoms with Crippen molar-refractivity contribution in [2.24, 2.45) is 5.92 Å². The SMILES string of the molecule is O=C(N[C@H](c1nccs1)C1CC1)N1CCN(C2CC2)CC1. The third-order valence-electron chi connectivity index (χ3n) is 4.75. The Kier molecular flexibility index (Phi) is 3.59. The Balaban J connectivity index is 1.34. The van der Waals surface area contributed by atoms with Crippen molar-refractivity contribution >= 4 is 17.4 Å². The van der Waals surface area contributed by atoms with Gasteiger partial charge in [0, 0.05) is 43.8 Å². The number of carbonyl (C=O) groups excluding carboxylic acids is 1. The van der Waals surface area contributed by atoms with Crippen LogP contribution < -0.4 is 5.32 Å². The zero-order valence-corrected chi connectivity index (χ0v) is 13.0. The molecule has 2 saturated carbocycles. The second-order valence-electron chi connectivity index (χ2n) is 6.39. The smallest absolute Gasteiger partial charge is 0.318 e. The van der Waals surface area contributed by atoms with E-state index in [1.165, 1.54) is 25.7 Å². The average Bonchev–Trinajstić information content (AvgIpc) is 3.43. The van der Waals surface area contributed by atoms with Crippen molar-refractivity contribution in [2.75, 3.05) is 26.2 Å². The van der Waals surface area contributed by atoms with Crippen LogP contribution in [-0.4, -0.2) is 53.0 Å². The number of hydrogen-bond acceptors (Lipinski definition) is 4. The standard InChI is InChI=1S/C15H22N4OS/c20-15(19-8-6-18(7-9-19)12-3-4-12)17-13(11-1-2-11)14-16-5-10-21-14/h5,10-13H,1-4,6-9H2,(H,17,20)/t13-/m0/s1. The number of amides is 2. The van der Waals surface area contributed by atoms with Gasteiger partial charge >= 0.3 is 6.03 Å². The van der Waals surface area contributed by atoms with Crippen molar-refractivity contribution in [3.05, 3.63) is 16.6 Å². The fourth-order valence-corrected chi connectivity index (χ4v) is 3.93. The number of nitrogens with zero attached hydrogens (tertiary/aromatic N) is 3. The van der Waals surface area contributed by atoms with Crippen LogP contribution in [0.1, 0.15) is 36.7 Å². The topological polar surface area (TPSA) is 48.5 Å². The molecule has 2 heterocycles. The average molecular weight is 306 g/mol.